The highest BCUT2D eigenvalue weighted by atomic mass is 79.9. The number of nitrogen functional groups attached to an aromatic ring is 1. The van der Waals surface area contributed by atoms with Crippen LogP contribution in [0.3, 0.4) is 0 Å². The average Bonchev–Trinajstić information content (AvgIpc) is 1.59. The number of esters is 4. The summed E-state index contributed by atoms with van der Waals surface area (Å²) in [6.45, 7) is 23.1. The first-order chi connectivity index (χ1) is 60.5. The summed E-state index contributed by atoms with van der Waals surface area (Å²) in [6.07, 6.45) is 27.7. The predicted octanol–water partition coefficient (Wildman–Crippen LogP) is 23.2. The van der Waals surface area contributed by atoms with Gasteiger partial charge in [0.15, 0.2) is 0 Å². The average molecular weight is 1840 g/mol. The summed E-state index contributed by atoms with van der Waals surface area (Å²) in [5.74, 6) is -0.946. The van der Waals surface area contributed by atoms with Gasteiger partial charge in [-0.15, -0.1) is 11.3 Å². The van der Waals surface area contributed by atoms with Crippen molar-refractivity contribution in [3.05, 3.63) is 218 Å². The third kappa shape index (κ3) is 24.4. The normalized spacial score (nSPS) is 15.0. The number of carboxylic acids is 1. The molecular weight excluding hydrogens is 1730 g/mol. The third-order valence-corrected chi connectivity index (χ3v) is 24.6. The van der Waals surface area contributed by atoms with Gasteiger partial charge in [0.05, 0.1) is 103 Å². The van der Waals surface area contributed by atoms with Gasteiger partial charge in [-0.25, -0.2) is 28.8 Å². The first kappa shape index (κ1) is 91.3. The second-order valence-corrected chi connectivity index (χ2v) is 35.4. The van der Waals surface area contributed by atoms with E-state index in [1.165, 1.54) is 149 Å². The first-order valence-corrected chi connectivity index (χ1v) is 46.3. The summed E-state index contributed by atoms with van der Waals surface area (Å²) in [5.41, 5.74) is 22.4. The Kier molecular flexibility index (Phi) is 31.8. The molecule has 4 N–H and O–H groups in total. The standard InChI is InChI=1S/C20H24N2O2.C18H20N2O2.C17H19BrN2O2.C17H20N2O2.C15H18N2O2S.C12H10BrNO2/c1-2-24-20(23)16-12-15-8-9-17(22-10-4-3-5-11-22)18(14-6-7-14)19(15)21-13-16;21-18(22)14-10-13-6-7-15(20-8-2-1-3-9-20)16(12-4-5-12)17(13)19-11-14;1-2-22-17(21)13-10-12-6-7-14(15(18)16(12)19-11-13)20-8-4-3-5-9-20;1-2-21-17(20)14-10-13-6-7-15(11-16(13)18-12-14)19-8-4-3-5-9-19;1-15(2,3)19-14(18)17-12-7-6-10(9-11(12)16)13-5-4-8-20-13;1-2-16-12(15)9-5-8-3-4-10(13)6-11(8)14-7-9/h8-9,12-14H,2-7,10-11H2,1H3;6-7,10-12H,1-5,8-9H2,(H,21,22);6-7,10-11H,2-5,8-9H2,1H3;6-7,10-12H,2-5,8-9H2,1H3;4-9H,16H2,1-3H3,(H,17,18);3-7H,2H2,1H3. The number of thiophene rings is 1. The van der Waals surface area contributed by atoms with Crippen LogP contribution in [0.2, 0.25) is 0 Å². The van der Waals surface area contributed by atoms with Gasteiger partial charge in [0, 0.05) is 148 Å². The van der Waals surface area contributed by atoms with Gasteiger partial charge in [0.25, 0.3) is 0 Å². The van der Waals surface area contributed by atoms with Gasteiger partial charge in [0.2, 0.25) is 0 Å². The minimum Gasteiger partial charge on any atom is -0.478 e. The van der Waals surface area contributed by atoms with Crippen LogP contribution >= 0.6 is 43.2 Å². The lowest BCUT2D eigenvalue weighted by atomic mass is 10.00. The zero-order valence-electron chi connectivity index (χ0n) is 72.3. The Hall–Kier alpha value is -11.4. The van der Waals surface area contributed by atoms with Gasteiger partial charge in [-0.1, -0.05) is 58.4 Å². The van der Waals surface area contributed by atoms with Crippen LogP contribution in [0.5, 0.6) is 0 Å². The zero-order chi connectivity index (χ0) is 88.1. The van der Waals surface area contributed by atoms with Crippen LogP contribution in [0, 0.1) is 0 Å². The highest BCUT2D eigenvalue weighted by Gasteiger charge is 2.33. The van der Waals surface area contributed by atoms with Crippen molar-refractivity contribution in [2.45, 2.75) is 169 Å². The summed E-state index contributed by atoms with van der Waals surface area (Å²) < 4.78 is 27.2. The molecule has 12 aromatic rings. The lowest BCUT2D eigenvalue weighted by molar-refractivity contribution is 0.0516. The van der Waals surface area contributed by atoms with Crippen molar-refractivity contribution in [1.82, 2.24) is 24.9 Å². The second kappa shape index (κ2) is 43.5. The molecule has 0 atom stereocenters. The minimum atomic E-state index is -0.914. The van der Waals surface area contributed by atoms with Crippen LogP contribution in [-0.2, 0) is 23.7 Å². The number of nitrogens with zero attached hydrogens (tertiary/aromatic N) is 9. The molecule has 0 bridgehead atoms. The molecule has 125 heavy (non-hydrogen) atoms. The van der Waals surface area contributed by atoms with E-state index in [1.807, 2.05) is 112 Å². The summed E-state index contributed by atoms with van der Waals surface area (Å²) in [5, 5.41) is 18.6. The Bertz CT molecular complexity index is 5800. The van der Waals surface area contributed by atoms with Gasteiger partial charge >= 0.3 is 35.9 Å². The van der Waals surface area contributed by atoms with E-state index in [-0.39, 0.29) is 29.4 Å². The van der Waals surface area contributed by atoms with Crippen LogP contribution in [-0.4, -0.2) is 150 Å². The quantitative estimate of drug-likeness (QED) is 0.0434. The van der Waals surface area contributed by atoms with E-state index in [1.54, 1.807) is 68.9 Å². The molecule has 6 aromatic heterocycles. The molecule has 4 aliphatic heterocycles. The summed E-state index contributed by atoms with van der Waals surface area (Å²) >= 11 is 8.71. The fourth-order valence-corrected chi connectivity index (χ4v) is 17.8. The number of amides is 1. The Morgan fingerprint density at radius 2 is 0.840 bits per heavy atom. The van der Waals surface area contributed by atoms with E-state index in [4.69, 9.17) is 34.5 Å². The number of rotatable bonds is 17. The molecule has 2 aliphatic carbocycles. The van der Waals surface area contributed by atoms with E-state index in [2.05, 4.69) is 118 Å². The van der Waals surface area contributed by atoms with Gasteiger partial charge in [-0.3, -0.25) is 30.2 Å². The smallest absolute Gasteiger partial charge is 0.412 e. The van der Waals surface area contributed by atoms with E-state index in [9.17, 15) is 28.8 Å². The minimum absolute atomic E-state index is 0.264. The van der Waals surface area contributed by atoms with Crippen LogP contribution in [0.4, 0.5) is 38.9 Å². The number of aromatic nitrogens is 5. The number of ether oxygens (including phenoxy) is 5. The van der Waals surface area contributed by atoms with Gasteiger partial charge in [-0.05, 0) is 281 Å². The number of fused-ring (bicyclic) bond motifs is 5. The van der Waals surface area contributed by atoms with Crippen molar-refractivity contribution in [1.29, 1.82) is 0 Å². The number of halogens is 2. The molecule has 2 saturated carbocycles. The van der Waals surface area contributed by atoms with Crippen molar-refractivity contribution in [2.75, 3.05) is 109 Å². The number of aromatic carboxylic acids is 1. The molecule has 654 valence electrons. The molecule has 1 amide bonds. The van der Waals surface area contributed by atoms with E-state index < -0.39 is 17.7 Å². The Morgan fingerprint density at radius 3 is 1.27 bits per heavy atom. The molecule has 4 saturated heterocycles. The van der Waals surface area contributed by atoms with Gasteiger partial charge < -0.3 is 54.1 Å². The molecule has 0 spiro atoms. The lowest BCUT2D eigenvalue weighted by Crippen LogP contribution is -2.30. The molecule has 6 aliphatic rings. The monoisotopic (exact) mass is 1840 g/mol. The molecule has 0 radical (unpaired) electrons. The van der Waals surface area contributed by atoms with Crippen LogP contribution in [0.1, 0.15) is 226 Å². The van der Waals surface area contributed by atoms with Crippen LogP contribution < -0.4 is 30.7 Å². The Balaban J connectivity index is 0.000000129. The third-order valence-electron chi connectivity index (χ3n) is 22.4. The number of piperidine rings is 4. The lowest BCUT2D eigenvalue weighted by Gasteiger charge is -2.31. The molecule has 26 heteroatoms. The SMILES string of the molecule is CC(C)(C)OC(=O)Nc1ccc(-c2cccs2)cc1N.CCOC(=O)c1cnc2c(Br)c(N3CCCCC3)ccc2c1.CCOC(=O)c1cnc2c(C3CC3)c(N3CCCCC3)ccc2c1.CCOC(=O)c1cnc2cc(Br)ccc2c1.CCOC(=O)c1cnc2cc(N3CCCCC3)ccc2c1.O=C(O)c1cnc2c(C3CC3)c(N3CCCCC3)ccc2c1. The maximum atomic E-state index is 12.0. The fourth-order valence-electron chi connectivity index (χ4n) is 16.0. The molecule has 10 heterocycles. The van der Waals surface area contributed by atoms with Crippen molar-refractivity contribution in [3.63, 3.8) is 0 Å². The largest absolute Gasteiger partial charge is 0.478 e. The van der Waals surface area contributed by atoms with E-state index >= 15 is 0 Å². The maximum Gasteiger partial charge on any atom is 0.412 e. The number of anilines is 6. The molecule has 0 unspecified atom stereocenters. The molecule has 18 rings (SSSR count). The first-order valence-electron chi connectivity index (χ1n) is 43.8. The van der Waals surface area contributed by atoms with Crippen LogP contribution in [0.15, 0.2) is 179 Å². The van der Waals surface area contributed by atoms with Crippen molar-refractivity contribution >= 4 is 168 Å². The van der Waals surface area contributed by atoms with Crippen LogP contribution in [0.25, 0.3) is 65.0 Å². The zero-order valence-corrected chi connectivity index (χ0v) is 76.3. The summed E-state index contributed by atoms with van der Waals surface area (Å²) in [4.78, 5) is 103. The number of carboxylic acid groups (broad SMARTS) is 1. The number of hydrogen-bond acceptors (Lipinski definition) is 22. The number of nitrogens with one attached hydrogen (secondary N) is 1. The molecule has 6 fully saturated rings. The maximum absolute atomic E-state index is 12.0. The predicted molar refractivity (Wildman–Crippen MR) is 507 cm³/mol. The highest BCUT2D eigenvalue weighted by molar-refractivity contribution is 9.11. The number of hydrogen-bond donors (Lipinski definition) is 3. The Morgan fingerprint density at radius 1 is 0.448 bits per heavy atom. The summed E-state index contributed by atoms with van der Waals surface area (Å²) in [6, 6.07) is 43.4. The molecule has 23 nitrogen and oxygen atoms in total. The van der Waals surface area contributed by atoms with Gasteiger partial charge in [-0.2, -0.15) is 0 Å². The fraction of sp³-hybridized carbons (Fsp3) is 0.384. The van der Waals surface area contributed by atoms with Crippen molar-refractivity contribution < 1.29 is 57.6 Å². The molecule has 6 aromatic carbocycles. The summed E-state index contributed by atoms with van der Waals surface area (Å²) in [7, 11) is 0. The number of carbonyl (C=O) groups is 6. The number of pyridine rings is 5. The van der Waals surface area contributed by atoms with Crippen molar-refractivity contribution in [3.8, 4) is 10.4 Å². The highest BCUT2D eigenvalue weighted by Crippen LogP contribution is 2.49. The topological polar surface area (TPSA) is 284 Å². The van der Waals surface area contributed by atoms with Gasteiger partial charge in [0.1, 0.15) is 5.60 Å². The second-order valence-electron chi connectivity index (χ2n) is 32.8. The van der Waals surface area contributed by atoms with Crippen molar-refractivity contribution in [2.24, 2.45) is 0 Å². The number of nitrogens with two attached hydrogens (primary N) is 1. The number of carbonyl (C=O) groups excluding carboxylic acids is 5. The Labute approximate surface area is 751 Å². The van der Waals surface area contributed by atoms with E-state index in [0.29, 0.717) is 71.9 Å². The number of benzene rings is 6. The van der Waals surface area contributed by atoms with E-state index in [0.717, 1.165) is 126 Å². The molecular formula is C99H111Br2N11O12S.